The number of hydrogen-bond donors (Lipinski definition) is 3. The molecule has 1 saturated heterocycles. The molecular weight excluding hydrogens is 402 g/mol. The van der Waals surface area contributed by atoms with Crippen LogP contribution in [-0.2, 0) is 11.2 Å². The fourth-order valence-electron chi connectivity index (χ4n) is 4.15. The van der Waals surface area contributed by atoms with Gasteiger partial charge in [0.25, 0.3) is 0 Å². The summed E-state index contributed by atoms with van der Waals surface area (Å²) in [5, 5.41) is 9.81. The van der Waals surface area contributed by atoms with E-state index in [-0.39, 0.29) is 5.91 Å². The number of carbonyl (C=O) groups is 1. The Kier molecular flexibility index (Phi) is 7.14. The second-order valence-electron chi connectivity index (χ2n) is 8.39. The zero-order chi connectivity index (χ0) is 22.3. The van der Waals surface area contributed by atoms with Crippen LogP contribution in [0.5, 0.6) is 5.75 Å². The molecule has 1 amide bonds. The van der Waals surface area contributed by atoms with Crippen molar-refractivity contribution in [2.75, 3.05) is 43.0 Å². The van der Waals surface area contributed by atoms with Gasteiger partial charge in [-0.25, -0.2) is 4.99 Å². The van der Waals surface area contributed by atoms with Crippen molar-refractivity contribution in [3.8, 4) is 5.75 Å². The summed E-state index contributed by atoms with van der Waals surface area (Å²) in [5.74, 6) is 1.73. The van der Waals surface area contributed by atoms with Gasteiger partial charge < -0.3 is 25.6 Å². The Balaban J connectivity index is 1.26. The molecule has 0 aliphatic carbocycles. The maximum absolute atomic E-state index is 11.5. The van der Waals surface area contributed by atoms with Crippen LogP contribution in [0.2, 0.25) is 0 Å². The quantitative estimate of drug-likeness (QED) is 0.354. The number of ether oxygens (including phenoxy) is 1. The van der Waals surface area contributed by atoms with E-state index in [2.05, 4.69) is 59.0 Å². The summed E-state index contributed by atoms with van der Waals surface area (Å²) in [6.07, 6.45) is 2.37. The van der Waals surface area contributed by atoms with E-state index in [1.54, 1.807) is 0 Å². The molecule has 0 bridgehead atoms. The molecule has 2 aromatic rings. The summed E-state index contributed by atoms with van der Waals surface area (Å²) in [4.78, 5) is 18.6. The summed E-state index contributed by atoms with van der Waals surface area (Å²) >= 11 is 0. The van der Waals surface area contributed by atoms with Gasteiger partial charge in [-0.05, 0) is 62.6 Å². The van der Waals surface area contributed by atoms with Crippen LogP contribution in [0.15, 0.2) is 47.5 Å². The van der Waals surface area contributed by atoms with Crippen LogP contribution in [0.1, 0.15) is 30.9 Å². The third-order valence-corrected chi connectivity index (χ3v) is 5.87. The molecule has 1 atom stereocenters. The number of aryl methyl sites for hydroxylation is 2. The lowest BCUT2D eigenvalue weighted by Gasteiger charge is -2.20. The Hall–Kier alpha value is -3.22. The van der Waals surface area contributed by atoms with Crippen molar-refractivity contribution in [1.29, 1.82) is 0 Å². The minimum Gasteiger partial charge on any atom is -0.492 e. The van der Waals surface area contributed by atoms with Gasteiger partial charge in [0, 0.05) is 43.5 Å². The largest absolute Gasteiger partial charge is 0.492 e. The molecule has 2 heterocycles. The Morgan fingerprint density at radius 3 is 2.88 bits per heavy atom. The van der Waals surface area contributed by atoms with Gasteiger partial charge in [-0.2, -0.15) is 0 Å². The Labute approximate surface area is 190 Å². The number of guanidine groups is 1. The monoisotopic (exact) mass is 435 g/mol. The van der Waals surface area contributed by atoms with Gasteiger partial charge in [0.2, 0.25) is 5.91 Å². The number of rotatable bonds is 7. The van der Waals surface area contributed by atoms with Crippen molar-refractivity contribution >= 4 is 23.2 Å². The second kappa shape index (κ2) is 10.4. The van der Waals surface area contributed by atoms with Crippen molar-refractivity contribution in [1.82, 2.24) is 10.6 Å². The number of nitrogens with zero attached hydrogens (tertiary/aromatic N) is 2. The van der Waals surface area contributed by atoms with Gasteiger partial charge in [-0.3, -0.25) is 4.79 Å². The maximum atomic E-state index is 11.5. The highest BCUT2D eigenvalue weighted by molar-refractivity contribution is 5.94. The topological polar surface area (TPSA) is 78.0 Å². The van der Waals surface area contributed by atoms with Gasteiger partial charge in [0.15, 0.2) is 5.96 Å². The molecule has 1 fully saturated rings. The summed E-state index contributed by atoms with van der Waals surface area (Å²) < 4.78 is 5.90. The highest BCUT2D eigenvalue weighted by Gasteiger charge is 2.23. The molecule has 170 valence electrons. The number of nitrogens with one attached hydrogen (secondary N) is 3. The number of anilines is 2. The highest BCUT2D eigenvalue weighted by atomic mass is 16.5. The van der Waals surface area contributed by atoms with E-state index in [9.17, 15) is 4.79 Å². The van der Waals surface area contributed by atoms with Crippen LogP contribution in [0.4, 0.5) is 11.4 Å². The number of amides is 1. The minimum atomic E-state index is 0.0770. The third kappa shape index (κ3) is 5.72. The van der Waals surface area contributed by atoms with Gasteiger partial charge in [-0.1, -0.05) is 17.7 Å². The van der Waals surface area contributed by atoms with E-state index < -0.39 is 0 Å². The minimum absolute atomic E-state index is 0.0770. The molecule has 0 radical (unpaired) electrons. The van der Waals surface area contributed by atoms with E-state index in [1.807, 2.05) is 18.2 Å². The van der Waals surface area contributed by atoms with Crippen LogP contribution in [0, 0.1) is 6.92 Å². The third-order valence-electron chi connectivity index (χ3n) is 5.87. The normalized spacial score (nSPS) is 18.2. The summed E-state index contributed by atoms with van der Waals surface area (Å²) in [6, 6.07) is 14.9. The van der Waals surface area contributed by atoms with Crippen molar-refractivity contribution in [3.05, 3.63) is 53.6 Å². The zero-order valence-corrected chi connectivity index (χ0v) is 19.0. The predicted molar refractivity (Wildman–Crippen MR) is 130 cm³/mol. The van der Waals surface area contributed by atoms with Gasteiger partial charge >= 0.3 is 0 Å². The van der Waals surface area contributed by atoms with Crippen LogP contribution >= 0.6 is 0 Å². The molecule has 7 heteroatoms. The first-order chi connectivity index (χ1) is 15.6. The van der Waals surface area contributed by atoms with Crippen LogP contribution in [-0.4, -0.2) is 50.7 Å². The molecule has 7 nitrogen and oxygen atoms in total. The molecule has 2 aliphatic heterocycles. The van der Waals surface area contributed by atoms with Gasteiger partial charge in [0.05, 0.1) is 6.54 Å². The molecule has 3 N–H and O–H groups in total. The fraction of sp³-hybridized carbons (Fsp3) is 0.440. The van der Waals surface area contributed by atoms with E-state index in [1.165, 1.54) is 11.3 Å². The average Bonchev–Trinajstić information content (AvgIpc) is 3.25. The van der Waals surface area contributed by atoms with Gasteiger partial charge in [0.1, 0.15) is 12.4 Å². The Bertz CT molecular complexity index is 957. The van der Waals surface area contributed by atoms with Gasteiger partial charge in [-0.15, -0.1) is 0 Å². The van der Waals surface area contributed by atoms with E-state index >= 15 is 0 Å². The first kappa shape index (κ1) is 22.0. The maximum Gasteiger partial charge on any atom is 0.224 e. The molecule has 0 aromatic heterocycles. The molecular formula is C25H33N5O2. The summed E-state index contributed by atoms with van der Waals surface area (Å²) in [5.41, 5.74) is 4.58. The van der Waals surface area contributed by atoms with Crippen molar-refractivity contribution in [2.45, 2.75) is 39.2 Å². The fourth-order valence-corrected chi connectivity index (χ4v) is 4.15. The van der Waals surface area contributed by atoms with Crippen molar-refractivity contribution < 1.29 is 9.53 Å². The van der Waals surface area contributed by atoms with Crippen LogP contribution < -0.4 is 25.6 Å². The Morgan fingerprint density at radius 2 is 2.06 bits per heavy atom. The lowest BCUT2D eigenvalue weighted by molar-refractivity contribution is -0.116. The van der Waals surface area contributed by atoms with E-state index in [0.29, 0.717) is 25.6 Å². The highest BCUT2D eigenvalue weighted by Crippen LogP contribution is 2.26. The van der Waals surface area contributed by atoms with Crippen molar-refractivity contribution in [2.24, 2.45) is 4.99 Å². The molecule has 1 unspecified atom stereocenters. The first-order valence-electron chi connectivity index (χ1n) is 11.5. The van der Waals surface area contributed by atoms with Crippen molar-refractivity contribution in [3.63, 3.8) is 0 Å². The first-order valence-corrected chi connectivity index (χ1v) is 11.5. The summed E-state index contributed by atoms with van der Waals surface area (Å²) in [6.45, 7) is 8.09. The average molecular weight is 436 g/mol. The van der Waals surface area contributed by atoms with Crippen LogP contribution in [0.3, 0.4) is 0 Å². The molecule has 4 rings (SSSR count). The second-order valence-corrected chi connectivity index (χ2v) is 8.39. The number of benzene rings is 2. The molecule has 2 aromatic carbocycles. The van der Waals surface area contributed by atoms with E-state index in [4.69, 9.17) is 9.73 Å². The molecule has 2 aliphatic rings. The predicted octanol–water partition coefficient (Wildman–Crippen LogP) is 3.09. The lowest BCUT2D eigenvalue weighted by atomic mass is 10.0. The summed E-state index contributed by atoms with van der Waals surface area (Å²) in [7, 11) is 0. The molecule has 32 heavy (non-hydrogen) atoms. The lowest BCUT2D eigenvalue weighted by Crippen LogP contribution is -2.44. The standard InChI is InChI=1S/C25H33N5O2/c1-3-26-25(28-20-12-14-30(17-20)21-7-4-18(2)5-8-21)27-13-15-32-22-9-10-23-19(16-22)6-11-24(31)29-23/h4-5,7-10,16,20H,3,6,11-15,17H2,1-2H3,(H,29,31)(H2,26,27,28). The number of fused-ring (bicyclic) bond motifs is 1. The number of carbonyl (C=O) groups excluding carboxylic acids is 1. The number of hydrogen-bond acceptors (Lipinski definition) is 4. The smallest absolute Gasteiger partial charge is 0.224 e. The number of aliphatic imine (C=N–C) groups is 1. The van der Waals surface area contributed by atoms with Crippen LogP contribution in [0.25, 0.3) is 0 Å². The van der Waals surface area contributed by atoms with E-state index in [0.717, 1.165) is 55.4 Å². The SMILES string of the molecule is CCNC(=NCCOc1ccc2c(c1)CCC(=O)N2)NC1CCN(c2ccc(C)cc2)C1. The molecule has 0 spiro atoms. The molecule has 0 saturated carbocycles. The Morgan fingerprint density at radius 1 is 1.22 bits per heavy atom. The zero-order valence-electron chi connectivity index (χ0n) is 19.0.